The van der Waals surface area contributed by atoms with E-state index in [1.807, 2.05) is 36.4 Å². The summed E-state index contributed by atoms with van der Waals surface area (Å²) in [5.41, 5.74) is 10.8. The van der Waals surface area contributed by atoms with Crippen LogP contribution in [0.25, 0.3) is 11.1 Å². The molecule has 3 atom stereocenters. The first-order valence-corrected chi connectivity index (χ1v) is 18.9. The van der Waals surface area contributed by atoms with Gasteiger partial charge in [-0.2, -0.15) is 0 Å². The van der Waals surface area contributed by atoms with Gasteiger partial charge in [-0.05, 0) is 78.0 Å². The van der Waals surface area contributed by atoms with E-state index in [9.17, 15) is 33.9 Å². The number of nitrogens with one attached hydrogen (secondary N) is 6. The Kier molecular flexibility index (Phi) is 16.2. The molecule has 0 bridgehead atoms. The van der Waals surface area contributed by atoms with Crippen LogP contribution in [0, 0.1) is 5.92 Å². The number of ether oxygens (including phenoxy) is 1. The van der Waals surface area contributed by atoms with Crippen molar-refractivity contribution in [3.63, 3.8) is 0 Å². The number of nitrogens with two attached hydrogens (primary N) is 1. The molecule has 0 radical (unpaired) electrons. The lowest BCUT2D eigenvalue weighted by molar-refractivity contribution is -0.133. The van der Waals surface area contributed by atoms with Gasteiger partial charge in [0.05, 0.1) is 6.61 Å². The molecule has 56 heavy (non-hydrogen) atoms. The number of urea groups is 1. The third-order valence-corrected chi connectivity index (χ3v) is 9.48. The predicted molar refractivity (Wildman–Crippen MR) is 211 cm³/mol. The van der Waals surface area contributed by atoms with Crippen LogP contribution in [0.2, 0.25) is 0 Å². The number of hydrogen-bond acceptors (Lipinski definition) is 8. The molecule has 3 aromatic carbocycles. The zero-order chi connectivity index (χ0) is 40.6. The molecule has 0 saturated carbocycles. The molecule has 3 aromatic rings. The first-order valence-electron chi connectivity index (χ1n) is 18.9. The Morgan fingerprint density at radius 3 is 1.89 bits per heavy atom. The summed E-state index contributed by atoms with van der Waals surface area (Å²) in [5, 5.41) is 25.4. The van der Waals surface area contributed by atoms with Crippen LogP contribution in [0.5, 0.6) is 0 Å². The number of carbonyl (C=O) groups is 6. The van der Waals surface area contributed by atoms with Crippen molar-refractivity contribution < 1.29 is 38.6 Å². The van der Waals surface area contributed by atoms with Crippen LogP contribution in [0.4, 0.5) is 15.3 Å². The molecule has 0 heterocycles. The summed E-state index contributed by atoms with van der Waals surface area (Å²) in [4.78, 5) is 76.3. The molecule has 0 unspecified atom stereocenters. The Labute approximate surface area is 326 Å². The maximum Gasteiger partial charge on any atom is 0.407 e. The van der Waals surface area contributed by atoms with Gasteiger partial charge in [-0.25, -0.2) is 9.59 Å². The van der Waals surface area contributed by atoms with Crippen molar-refractivity contribution in [1.29, 1.82) is 0 Å². The number of rotatable bonds is 20. The number of fused-ring (bicyclic) bond motifs is 3. The van der Waals surface area contributed by atoms with Crippen LogP contribution < -0.4 is 37.6 Å². The number of anilines is 1. The van der Waals surface area contributed by atoms with Crippen LogP contribution in [0.15, 0.2) is 72.8 Å². The van der Waals surface area contributed by atoms with Gasteiger partial charge in [0.15, 0.2) is 0 Å². The number of hydrogen-bond donors (Lipinski definition) is 8. The van der Waals surface area contributed by atoms with E-state index in [0.29, 0.717) is 30.5 Å². The van der Waals surface area contributed by atoms with Crippen molar-refractivity contribution in [3.05, 3.63) is 89.5 Å². The molecule has 0 saturated heterocycles. The Balaban J connectivity index is 1.28. The zero-order valence-corrected chi connectivity index (χ0v) is 32.1. The van der Waals surface area contributed by atoms with Crippen molar-refractivity contribution in [2.45, 2.75) is 83.5 Å². The summed E-state index contributed by atoms with van der Waals surface area (Å²) in [7, 11) is 0. The molecule has 1 aliphatic carbocycles. The van der Waals surface area contributed by atoms with Gasteiger partial charge in [-0.1, -0.05) is 74.5 Å². The lowest BCUT2D eigenvalue weighted by Crippen LogP contribution is -2.57. The fourth-order valence-corrected chi connectivity index (χ4v) is 6.59. The van der Waals surface area contributed by atoms with E-state index in [4.69, 9.17) is 10.5 Å². The molecule has 0 aliphatic heterocycles. The topological polar surface area (TPSA) is 230 Å². The van der Waals surface area contributed by atoms with Crippen LogP contribution >= 0.6 is 0 Å². The van der Waals surface area contributed by atoms with Gasteiger partial charge < -0.3 is 47.5 Å². The molecule has 7 amide bonds. The Bertz CT molecular complexity index is 1790. The lowest BCUT2D eigenvalue weighted by Gasteiger charge is -2.27. The molecular formula is C41H53N7O8. The molecule has 9 N–H and O–H groups in total. The fourth-order valence-electron chi connectivity index (χ4n) is 6.59. The molecule has 15 nitrogen and oxygen atoms in total. The molecule has 15 heteroatoms. The zero-order valence-electron chi connectivity index (χ0n) is 32.1. The minimum atomic E-state index is -1.06. The molecule has 1 aliphatic rings. The average Bonchev–Trinajstić information content (AvgIpc) is 3.49. The largest absolute Gasteiger partial charge is 0.449 e. The Morgan fingerprint density at radius 2 is 1.30 bits per heavy atom. The van der Waals surface area contributed by atoms with Crippen LogP contribution in [-0.2, 0) is 30.5 Å². The molecule has 0 fully saturated rings. The van der Waals surface area contributed by atoms with Crippen molar-refractivity contribution in [2.24, 2.45) is 11.7 Å². The molecular weight excluding hydrogens is 718 g/mol. The highest BCUT2D eigenvalue weighted by Crippen LogP contribution is 2.44. The lowest BCUT2D eigenvalue weighted by atomic mass is 9.98. The maximum absolute atomic E-state index is 13.6. The summed E-state index contributed by atoms with van der Waals surface area (Å²) in [5.74, 6) is -2.60. The van der Waals surface area contributed by atoms with Crippen molar-refractivity contribution in [3.8, 4) is 11.1 Å². The molecule has 4 rings (SSSR count). The summed E-state index contributed by atoms with van der Waals surface area (Å²) in [6, 6.07) is 18.9. The number of carbonyl (C=O) groups excluding carboxylic acids is 6. The minimum Gasteiger partial charge on any atom is -0.449 e. The van der Waals surface area contributed by atoms with E-state index >= 15 is 0 Å². The van der Waals surface area contributed by atoms with Crippen LogP contribution in [0.1, 0.15) is 75.5 Å². The van der Waals surface area contributed by atoms with E-state index < -0.39 is 59.8 Å². The third kappa shape index (κ3) is 12.5. The Hall–Kier alpha value is -5.96. The van der Waals surface area contributed by atoms with Crippen molar-refractivity contribution >= 4 is 41.4 Å². The summed E-state index contributed by atoms with van der Waals surface area (Å²) in [6.07, 6.45) is 1.09. The van der Waals surface area contributed by atoms with Gasteiger partial charge in [-0.15, -0.1) is 0 Å². The van der Waals surface area contributed by atoms with Crippen LogP contribution in [0.3, 0.4) is 0 Å². The highest BCUT2D eigenvalue weighted by molar-refractivity contribution is 5.99. The van der Waals surface area contributed by atoms with Gasteiger partial charge in [0.25, 0.3) is 0 Å². The number of alkyl carbamates (subject to hydrolysis) is 1. The van der Waals surface area contributed by atoms with Gasteiger partial charge >= 0.3 is 12.1 Å². The molecule has 300 valence electrons. The van der Waals surface area contributed by atoms with Crippen molar-refractivity contribution in [1.82, 2.24) is 26.6 Å². The van der Waals surface area contributed by atoms with Gasteiger partial charge in [0, 0.05) is 31.6 Å². The van der Waals surface area contributed by atoms with Gasteiger partial charge in [0.1, 0.15) is 24.7 Å². The average molecular weight is 772 g/mol. The van der Waals surface area contributed by atoms with E-state index in [0.717, 1.165) is 22.3 Å². The number of amides is 7. The smallest absolute Gasteiger partial charge is 0.407 e. The fraction of sp³-hybridized carbons (Fsp3) is 0.415. The molecule has 0 aromatic heterocycles. The monoisotopic (exact) mass is 771 g/mol. The minimum absolute atomic E-state index is 0.0635. The number of aliphatic hydroxyl groups excluding tert-OH is 1. The number of aliphatic hydroxyl groups is 1. The highest BCUT2D eigenvalue weighted by atomic mass is 16.5. The van der Waals surface area contributed by atoms with E-state index in [2.05, 4.69) is 44.0 Å². The normalized spacial score (nSPS) is 13.3. The second-order valence-corrected chi connectivity index (χ2v) is 14.1. The van der Waals surface area contributed by atoms with Gasteiger partial charge in [0.2, 0.25) is 23.6 Å². The Morgan fingerprint density at radius 1 is 0.714 bits per heavy atom. The number of primary amides is 1. The van der Waals surface area contributed by atoms with Crippen molar-refractivity contribution in [2.75, 3.05) is 25.0 Å². The summed E-state index contributed by atoms with van der Waals surface area (Å²) < 4.78 is 5.60. The summed E-state index contributed by atoms with van der Waals surface area (Å²) >= 11 is 0. The second-order valence-electron chi connectivity index (χ2n) is 14.1. The first kappa shape index (κ1) is 42.8. The SMILES string of the molecule is CC(=O)N[C@@H](CCCCNC(=O)OCC1c2ccccc2-c2ccccc21)C(=O)N[C@H](C(=O)N[C@@H](CCCNC(N)=O)C(=O)Nc1ccc(CO)cc1)C(C)C. The second kappa shape index (κ2) is 21.2. The van der Waals surface area contributed by atoms with Crippen LogP contribution in [-0.4, -0.2) is 78.7 Å². The third-order valence-electron chi connectivity index (χ3n) is 9.48. The number of benzene rings is 3. The van der Waals surface area contributed by atoms with E-state index in [1.54, 1.807) is 38.1 Å². The molecule has 0 spiro atoms. The predicted octanol–water partition coefficient (Wildman–Crippen LogP) is 3.41. The van der Waals surface area contributed by atoms with E-state index in [1.165, 1.54) is 6.92 Å². The first-order chi connectivity index (χ1) is 26.9. The quantitative estimate of drug-likeness (QED) is 0.0792. The van der Waals surface area contributed by atoms with E-state index in [-0.39, 0.29) is 45.1 Å². The summed E-state index contributed by atoms with van der Waals surface area (Å²) in [6.45, 7) is 5.25. The number of unbranched alkanes of at least 4 members (excludes halogenated alkanes) is 1. The highest BCUT2D eigenvalue weighted by Gasteiger charge is 2.32. The standard InChI is InChI=1S/C41H53N7O8/c1-25(2)36(39(53)47-35(16-10-22-43-40(42)54)37(51)46-28-19-17-27(23-49)18-20-28)48-38(52)34(45-26(3)50)15-8-9-21-44-41(55)56-24-33-31-13-6-4-11-29(31)30-12-5-7-14-32(30)33/h4-7,11-14,17-20,25,33-36,49H,8-10,15-16,21-24H2,1-3H3,(H,44,55)(H,45,50)(H,46,51)(H,47,53)(H,48,52)(H3,42,43,54)/t34-,35-,36-/m0/s1. The van der Waals surface area contributed by atoms with Gasteiger partial charge in [-0.3, -0.25) is 19.2 Å². The maximum atomic E-state index is 13.6.